The van der Waals surface area contributed by atoms with Gasteiger partial charge in [0, 0.05) is 0 Å². The number of carboxylic acid groups (broad SMARTS) is 2. The van der Waals surface area contributed by atoms with Crippen molar-refractivity contribution >= 4 is 46.8 Å². The molecule has 0 spiro atoms. The van der Waals surface area contributed by atoms with Gasteiger partial charge < -0.3 is 25.3 Å². The Morgan fingerprint density at radius 3 is 1.63 bits per heavy atom. The van der Waals surface area contributed by atoms with Gasteiger partial charge in [0.25, 0.3) is 0 Å². The molecular weight excluding hydrogens is 280 g/mol. The molecule has 0 saturated heterocycles. The Labute approximate surface area is 132 Å². The fourth-order valence-corrected chi connectivity index (χ4v) is 1.44. The van der Waals surface area contributed by atoms with E-state index in [1.807, 2.05) is 0 Å². The Hall–Kier alpha value is -0.764. The van der Waals surface area contributed by atoms with Crippen LogP contribution in [-0.4, -0.2) is 52.0 Å². The van der Waals surface area contributed by atoms with Crippen LogP contribution in [-0.2, 0) is 11.8 Å². The quantitative estimate of drug-likeness (QED) is 0.389. The molecule has 19 heavy (non-hydrogen) atoms. The van der Waals surface area contributed by atoms with Gasteiger partial charge >= 0.3 is 23.1 Å². The number of carboxylic acids is 2. The van der Waals surface area contributed by atoms with E-state index < -0.39 is 11.9 Å². The molecule has 1 N–H and O–H groups in total. The first-order valence-electron chi connectivity index (χ1n) is 5.18. The minimum Gasteiger partial charge on any atom is -0.870 e. The smallest absolute Gasteiger partial charge is 0.870 e. The molecule has 0 heterocycles. The van der Waals surface area contributed by atoms with E-state index >= 15 is 0 Å². The van der Waals surface area contributed by atoms with Crippen LogP contribution in [0.3, 0.4) is 0 Å². The number of hydrogen-bond acceptors (Lipinski definition) is 5. The molecule has 1 aromatic carbocycles. The van der Waals surface area contributed by atoms with Crippen LogP contribution in [0.1, 0.15) is 34.6 Å². The van der Waals surface area contributed by atoms with Gasteiger partial charge in [-0.05, 0) is 42.8 Å². The molecule has 0 saturated carbocycles. The minimum absolute atomic E-state index is 0. The van der Waals surface area contributed by atoms with Crippen LogP contribution >= 0.6 is 0 Å². The maximum Gasteiger partial charge on any atom is 2.00 e. The molecule has 0 aliphatic rings. The first-order chi connectivity index (χ1) is 8.02. The zero-order chi connectivity index (χ0) is 13.3. The summed E-state index contributed by atoms with van der Waals surface area (Å²) >= 11 is 1.58. The molecule has 0 radical (unpaired) electrons. The normalized spacial score (nSPS) is 8.11. The van der Waals surface area contributed by atoms with E-state index in [9.17, 15) is 19.8 Å². The summed E-state index contributed by atoms with van der Waals surface area (Å²) in [6, 6.07) is 4.81. The maximum absolute atomic E-state index is 10.3. The second-order valence-corrected chi connectivity index (χ2v) is 4.72. The Balaban J connectivity index is -0.000000320. The fourth-order valence-electron chi connectivity index (χ4n) is 0.997. The SMILES string of the molecule is CC[SH+]CC.O=C([O-])c1cccc(C(=O)[O-])c1.[Mg+2].[OH-]. The van der Waals surface area contributed by atoms with Crippen molar-refractivity contribution in [1.29, 1.82) is 0 Å². The number of rotatable bonds is 4. The Bertz CT molecular complexity index is 353. The van der Waals surface area contributed by atoms with E-state index in [2.05, 4.69) is 13.8 Å². The number of aromatic carboxylic acids is 2. The summed E-state index contributed by atoms with van der Waals surface area (Å²) in [5, 5.41) is 20.5. The van der Waals surface area contributed by atoms with E-state index in [-0.39, 0.29) is 39.7 Å². The number of benzene rings is 1. The second kappa shape index (κ2) is 13.7. The van der Waals surface area contributed by atoms with E-state index in [1.54, 1.807) is 11.8 Å². The van der Waals surface area contributed by atoms with Crippen molar-refractivity contribution in [1.82, 2.24) is 0 Å². The molecule has 1 rings (SSSR count). The van der Waals surface area contributed by atoms with Gasteiger partial charge in [-0.15, -0.1) is 0 Å². The van der Waals surface area contributed by atoms with Gasteiger partial charge in [-0.1, -0.05) is 18.2 Å². The third-order valence-corrected chi connectivity index (χ3v) is 2.68. The largest absolute Gasteiger partial charge is 2.00 e. The zero-order valence-electron chi connectivity index (χ0n) is 11.0. The average Bonchev–Trinajstić information content (AvgIpc) is 2.31. The predicted molar refractivity (Wildman–Crippen MR) is 72.6 cm³/mol. The van der Waals surface area contributed by atoms with Crippen molar-refractivity contribution in [2.75, 3.05) is 11.5 Å². The molecule has 0 unspecified atom stereocenters. The first-order valence-corrected chi connectivity index (χ1v) is 6.45. The van der Waals surface area contributed by atoms with Crippen molar-refractivity contribution in [2.24, 2.45) is 0 Å². The van der Waals surface area contributed by atoms with Crippen LogP contribution in [0.5, 0.6) is 0 Å². The zero-order valence-corrected chi connectivity index (χ0v) is 13.3. The van der Waals surface area contributed by atoms with Crippen LogP contribution in [0.4, 0.5) is 0 Å². The molecule has 102 valence electrons. The summed E-state index contributed by atoms with van der Waals surface area (Å²) in [6.07, 6.45) is 0. The standard InChI is InChI=1S/C8H6O4.C4H10S.Mg.H2O/c9-7(10)5-2-1-3-6(4-5)8(11)12;1-3-5-4-2;;/h1-4H,(H,9,10)(H,11,12);3-4H2,1-2H3;;1H2/q;;+2;/p-2. The summed E-state index contributed by atoms with van der Waals surface area (Å²) in [4.78, 5) is 20.5. The predicted octanol–water partition coefficient (Wildman–Crippen LogP) is -1.30. The van der Waals surface area contributed by atoms with Gasteiger partial charge in [0.2, 0.25) is 0 Å². The molecule has 0 amide bonds. The number of hydrogen-bond donors (Lipinski definition) is 0. The van der Waals surface area contributed by atoms with Gasteiger partial charge in [-0.3, -0.25) is 0 Å². The molecule has 0 aliphatic carbocycles. The van der Waals surface area contributed by atoms with Crippen LogP contribution in [0, 0.1) is 0 Å². The Morgan fingerprint density at radius 1 is 1.05 bits per heavy atom. The summed E-state index contributed by atoms with van der Waals surface area (Å²) in [5.74, 6) is -0.177. The summed E-state index contributed by atoms with van der Waals surface area (Å²) < 4.78 is 0. The number of carbonyl (C=O) groups is 2. The number of thiol groups is 1. The molecule has 0 aromatic heterocycles. The van der Waals surface area contributed by atoms with E-state index in [0.717, 1.165) is 6.07 Å². The molecule has 1 aromatic rings. The summed E-state index contributed by atoms with van der Waals surface area (Å²) in [7, 11) is 0. The minimum atomic E-state index is -1.40. The topological polar surface area (TPSA) is 110 Å². The molecule has 7 heteroatoms. The molecule has 0 bridgehead atoms. The van der Waals surface area contributed by atoms with Gasteiger partial charge in [-0.25, -0.2) is 0 Å². The number of carbonyl (C=O) groups excluding carboxylic acids is 2. The Morgan fingerprint density at radius 2 is 1.42 bits per heavy atom. The molecular formula is C12H16MgO5S. The maximum atomic E-state index is 10.3. The van der Waals surface area contributed by atoms with Crippen LogP contribution in [0.15, 0.2) is 24.3 Å². The van der Waals surface area contributed by atoms with Gasteiger partial charge in [0.05, 0.1) is 11.9 Å². The van der Waals surface area contributed by atoms with Crippen molar-refractivity contribution in [2.45, 2.75) is 13.8 Å². The van der Waals surface area contributed by atoms with Crippen LogP contribution in [0.25, 0.3) is 0 Å². The summed E-state index contributed by atoms with van der Waals surface area (Å²) in [6.45, 7) is 4.40. The van der Waals surface area contributed by atoms with Crippen molar-refractivity contribution in [3.63, 3.8) is 0 Å². The van der Waals surface area contributed by atoms with Crippen molar-refractivity contribution in [3.05, 3.63) is 35.4 Å². The van der Waals surface area contributed by atoms with Crippen molar-refractivity contribution in [3.8, 4) is 0 Å². The first kappa shape index (κ1) is 23.3. The molecule has 0 atom stereocenters. The van der Waals surface area contributed by atoms with E-state index in [0.29, 0.717) is 0 Å². The third-order valence-electron chi connectivity index (χ3n) is 1.78. The summed E-state index contributed by atoms with van der Waals surface area (Å²) in [5.41, 5.74) is -0.339. The monoisotopic (exact) mass is 296 g/mol. The van der Waals surface area contributed by atoms with Crippen LogP contribution < -0.4 is 10.2 Å². The average molecular weight is 297 g/mol. The van der Waals surface area contributed by atoms with Gasteiger partial charge in [-0.2, -0.15) is 0 Å². The Kier molecular flexibility index (Phi) is 16.8. The fraction of sp³-hybridized carbons (Fsp3) is 0.333. The van der Waals surface area contributed by atoms with E-state index in [1.165, 1.54) is 29.7 Å². The second-order valence-electron chi connectivity index (χ2n) is 3.01. The van der Waals surface area contributed by atoms with E-state index in [4.69, 9.17) is 0 Å². The van der Waals surface area contributed by atoms with Crippen molar-refractivity contribution < 1.29 is 25.3 Å². The van der Waals surface area contributed by atoms with Gasteiger partial charge in [0.1, 0.15) is 11.5 Å². The van der Waals surface area contributed by atoms with Crippen LogP contribution in [0.2, 0.25) is 0 Å². The molecule has 0 fully saturated rings. The molecule has 5 nitrogen and oxygen atoms in total. The van der Waals surface area contributed by atoms with Gasteiger partial charge in [0.15, 0.2) is 0 Å². The third kappa shape index (κ3) is 10.8. The molecule has 0 aliphatic heterocycles.